The Morgan fingerprint density at radius 3 is 2.32 bits per heavy atom. The number of Topliss-reactive ketones (excluding diaryl/α,β-unsaturated/α-hetero) is 1. The molecule has 5 atom stereocenters. The van der Waals surface area contributed by atoms with Crippen molar-refractivity contribution in [2.45, 2.75) is 36.6 Å². The Bertz CT molecular complexity index is 1940. The summed E-state index contributed by atoms with van der Waals surface area (Å²) in [5.74, 6) is -5.96. The number of carboxylic acid groups (broad SMARTS) is 1. The highest BCUT2D eigenvalue weighted by molar-refractivity contribution is 6.03. The molecule has 5 rings (SSSR count). The largest absolute Gasteiger partial charge is 0.508 e. The molecular weight excluding hydrogens is 622 g/mol. The topological polar surface area (TPSA) is 289 Å². The number of aliphatic hydroxyl groups is 3. The van der Waals surface area contributed by atoms with E-state index in [4.69, 9.17) is 25.4 Å². The molecule has 1 saturated heterocycles. The number of nitrogens with two attached hydrogens (primary N) is 2. The van der Waals surface area contributed by atoms with Crippen LogP contribution in [0, 0.1) is 0 Å². The lowest BCUT2D eigenvalue weighted by Gasteiger charge is -2.45. The van der Waals surface area contributed by atoms with Crippen molar-refractivity contribution in [1.29, 1.82) is 0 Å². The third-order valence-electron chi connectivity index (χ3n) is 7.56. The van der Waals surface area contributed by atoms with E-state index in [2.05, 4.69) is 4.99 Å². The molecule has 11 N–H and O–H groups in total. The van der Waals surface area contributed by atoms with Crippen LogP contribution in [0.3, 0.4) is 0 Å². The minimum atomic E-state index is -2.74. The van der Waals surface area contributed by atoms with Crippen LogP contribution in [0.5, 0.6) is 23.0 Å². The van der Waals surface area contributed by atoms with Crippen LogP contribution in [0.25, 0.3) is 22.3 Å². The number of aliphatic hydroxyl groups excluding tert-OH is 2. The van der Waals surface area contributed by atoms with Crippen molar-refractivity contribution < 1.29 is 59.2 Å². The van der Waals surface area contributed by atoms with E-state index in [0.29, 0.717) is 5.56 Å². The van der Waals surface area contributed by atoms with Gasteiger partial charge in [0.1, 0.15) is 40.3 Å². The molecule has 2 heterocycles. The lowest BCUT2D eigenvalue weighted by molar-refractivity contribution is -0.303. The van der Waals surface area contributed by atoms with Crippen LogP contribution in [0.2, 0.25) is 0 Å². The Morgan fingerprint density at radius 2 is 1.66 bits per heavy atom. The number of aliphatic imine (C=N–C) groups is 1. The second kappa shape index (κ2) is 12.6. The molecule has 1 aromatic heterocycles. The Labute approximate surface area is 264 Å². The highest BCUT2D eigenvalue weighted by Gasteiger charge is 2.58. The number of hydrogen-bond donors (Lipinski definition) is 9. The summed E-state index contributed by atoms with van der Waals surface area (Å²) in [5, 5.41) is 73.0. The van der Waals surface area contributed by atoms with Crippen LogP contribution in [0.1, 0.15) is 15.9 Å². The van der Waals surface area contributed by atoms with Crippen molar-refractivity contribution in [1.82, 2.24) is 0 Å². The van der Waals surface area contributed by atoms with Gasteiger partial charge in [0.05, 0.1) is 6.54 Å². The van der Waals surface area contributed by atoms with Gasteiger partial charge in [-0.25, -0.2) is 4.79 Å². The number of phenols is 3. The Morgan fingerprint density at radius 1 is 0.957 bits per heavy atom. The molecule has 1 fully saturated rings. The molecule has 1 aliphatic rings. The van der Waals surface area contributed by atoms with E-state index in [9.17, 15) is 50.1 Å². The monoisotopic (exact) mass is 651 g/mol. The number of benzene rings is 3. The molecule has 16 heteroatoms. The van der Waals surface area contributed by atoms with Gasteiger partial charge < -0.3 is 61.1 Å². The number of aliphatic carboxylic acids is 1. The predicted octanol–water partition coefficient (Wildman–Crippen LogP) is -0.0832. The predicted molar refractivity (Wildman–Crippen MR) is 162 cm³/mol. The van der Waals surface area contributed by atoms with Crippen molar-refractivity contribution >= 4 is 28.7 Å². The first-order valence-electron chi connectivity index (χ1n) is 13.8. The van der Waals surface area contributed by atoms with Gasteiger partial charge >= 0.3 is 5.97 Å². The average Bonchev–Trinajstić information content (AvgIpc) is 3.02. The van der Waals surface area contributed by atoms with Crippen LogP contribution in [-0.4, -0.2) is 90.2 Å². The van der Waals surface area contributed by atoms with Crippen LogP contribution in [-0.2, 0) is 16.0 Å². The van der Waals surface area contributed by atoms with E-state index in [1.807, 2.05) is 0 Å². The molecule has 0 amide bonds. The van der Waals surface area contributed by atoms with Crippen LogP contribution in [0.4, 0.5) is 0 Å². The van der Waals surface area contributed by atoms with Gasteiger partial charge in [-0.15, -0.1) is 0 Å². The zero-order valence-electron chi connectivity index (χ0n) is 24.2. The molecular formula is C31H29N3O13. The second-order valence-corrected chi connectivity index (χ2v) is 10.7. The van der Waals surface area contributed by atoms with Gasteiger partial charge in [0.15, 0.2) is 34.8 Å². The smallest absolute Gasteiger partial charge is 0.335 e. The van der Waals surface area contributed by atoms with Crippen LogP contribution in [0.15, 0.2) is 74.9 Å². The summed E-state index contributed by atoms with van der Waals surface area (Å²) < 4.78 is 16.5. The molecule has 0 bridgehead atoms. The van der Waals surface area contributed by atoms with Crippen LogP contribution >= 0.6 is 0 Å². The number of hydrogen-bond acceptors (Lipinski definition) is 13. The SMILES string of the molecule is NC(N)=NC[C@]1(O)[C@H](O)[C@@H](C(=O)O)O[C@H](Oc2cc3oc(-c4ccc(O)cc4C(=O)Cc4ccccc4)cc(=O)c3c(O)c2O)[C@@H]1O. The first-order valence-corrected chi connectivity index (χ1v) is 13.8. The molecule has 246 valence electrons. The number of rotatable bonds is 9. The van der Waals surface area contributed by atoms with Crippen molar-refractivity contribution in [3.8, 4) is 34.3 Å². The van der Waals surface area contributed by atoms with E-state index in [0.717, 1.165) is 12.1 Å². The summed E-state index contributed by atoms with van der Waals surface area (Å²) in [4.78, 5) is 41.8. The Hall–Kier alpha value is -5.68. The van der Waals surface area contributed by atoms with Gasteiger partial charge in [-0.3, -0.25) is 14.6 Å². The van der Waals surface area contributed by atoms with Gasteiger partial charge in [0.25, 0.3) is 0 Å². The van der Waals surface area contributed by atoms with Crippen molar-refractivity contribution in [3.05, 3.63) is 82.0 Å². The number of ether oxygens (including phenoxy) is 2. The minimum absolute atomic E-state index is 0.00730. The summed E-state index contributed by atoms with van der Waals surface area (Å²) in [6, 6.07) is 14.4. The first kappa shape index (κ1) is 32.7. The number of carboxylic acids is 1. The highest BCUT2D eigenvalue weighted by Crippen LogP contribution is 2.43. The fraction of sp³-hybridized carbons (Fsp3) is 0.226. The number of fused-ring (bicyclic) bond motifs is 1. The third kappa shape index (κ3) is 6.25. The Balaban J connectivity index is 1.57. The van der Waals surface area contributed by atoms with Crippen LogP contribution < -0.4 is 21.6 Å². The fourth-order valence-electron chi connectivity index (χ4n) is 5.13. The summed E-state index contributed by atoms with van der Waals surface area (Å²) in [6.07, 6.45) is -8.88. The maximum Gasteiger partial charge on any atom is 0.335 e. The number of carbonyl (C=O) groups is 2. The minimum Gasteiger partial charge on any atom is -0.508 e. The highest BCUT2D eigenvalue weighted by atomic mass is 16.7. The van der Waals surface area contributed by atoms with Gasteiger partial charge in [-0.05, 0) is 23.8 Å². The zero-order chi connectivity index (χ0) is 34.2. The molecule has 1 aliphatic heterocycles. The van der Waals surface area contributed by atoms with Gasteiger partial charge in [-0.2, -0.15) is 0 Å². The maximum atomic E-state index is 13.3. The number of aromatic hydroxyl groups is 3. The number of ketones is 1. The van der Waals surface area contributed by atoms with E-state index in [1.54, 1.807) is 30.3 Å². The zero-order valence-corrected chi connectivity index (χ0v) is 24.2. The maximum absolute atomic E-state index is 13.3. The summed E-state index contributed by atoms with van der Waals surface area (Å²) in [7, 11) is 0. The number of guanidine groups is 1. The summed E-state index contributed by atoms with van der Waals surface area (Å²) >= 11 is 0. The molecule has 0 spiro atoms. The van der Waals surface area contributed by atoms with E-state index < -0.39 is 88.1 Å². The molecule has 0 radical (unpaired) electrons. The number of carbonyl (C=O) groups excluding carboxylic acids is 1. The first-order chi connectivity index (χ1) is 22.2. The molecule has 0 saturated carbocycles. The summed E-state index contributed by atoms with van der Waals surface area (Å²) in [5.41, 5.74) is 7.36. The van der Waals surface area contributed by atoms with Crippen molar-refractivity contribution in [2.24, 2.45) is 16.5 Å². The molecule has 4 aromatic rings. The van der Waals surface area contributed by atoms with Crippen molar-refractivity contribution in [3.63, 3.8) is 0 Å². The third-order valence-corrected chi connectivity index (χ3v) is 7.56. The Kier molecular flexibility index (Phi) is 8.77. The van der Waals surface area contributed by atoms with Gasteiger partial charge in [-0.1, -0.05) is 30.3 Å². The van der Waals surface area contributed by atoms with E-state index in [1.165, 1.54) is 18.2 Å². The average molecular weight is 652 g/mol. The normalized spacial score (nSPS) is 22.4. The van der Waals surface area contributed by atoms with Gasteiger partial charge in [0, 0.05) is 29.7 Å². The van der Waals surface area contributed by atoms with E-state index in [-0.39, 0.29) is 29.1 Å². The number of phenolic OH excluding ortho intramolecular Hbond substituents is 3. The molecule has 0 unspecified atom stereocenters. The lowest BCUT2D eigenvalue weighted by atomic mass is 9.84. The molecule has 47 heavy (non-hydrogen) atoms. The van der Waals surface area contributed by atoms with Crippen molar-refractivity contribution in [2.75, 3.05) is 6.54 Å². The summed E-state index contributed by atoms with van der Waals surface area (Å²) in [6.45, 7) is -0.893. The fourth-order valence-corrected chi connectivity index (χ4v) is 5.13. The number of nitrogens with zero attached hydrogens (tertiary/aromatic N) is 1. The second-order valence-electron chi connectivity index (χ2n) is 10.7. The molecule has 0 aliphatic carbocycles. The molecule has 3 aromatic carbocycles. The standard InChI is InChI=1S/C31H29N3O13/c32-30(33)34-12-31(44)26(40)25(28(42)43)47-29(27(31)41)46-21-11-20-22(24(39)23(21)38)18(37)10-19(45-20)15-7-6-14(35)9-16(15)17(36)8-13-4-2-1-3-5-13/h1-7,9-11,25-27,29,35,38-41,44H,8,12H2,(H,42,43)(H4,32,33,34)/t25-,26+,27-,29-,31-/m0/s1. The molecule has 16 nitrogen and oxygen atoms in total. The lowest BCUT2D eigenvalue weighted by Crippen LogP contribution is -2.70. The van der Waals surface area contributed by atoms with E-state index >= 15 is 0 Å². The quantitative estimate of drug-likeness (QED) is 0.0495. The van der Waals surface area contributed by atoms with Gasteiger partial charge in [0.2, 0.25) is 12.0 Å².